The number of hydrogen-bond acceptors (Lipinski definition) is 5. The minimum absolute atomic E-state index is 0.0422. The van der Waals surface area contributed by atoms with Gasteiger partial charge in [0.1, 0.15) is 10.7 Å². The quantitative estimate of drug-likeness (QED) is 0.273. The molecule has 3 aromatic rings. The lowest BCUT2D eigenvalue weighted by Gasteiger charge is -2.13. The Morgan fingerprint density at radius 1 is 1.26 bits per heavy atom. The number of carboxylic acid groups (broad SMARTS) is 1. The van der Waals surface area contributed by atoms with Gasteiger partial charge in [-0.05, 0) is 81.1 Å². The lowest BCUT2D eigenvalue weighted by Crippen LogP contribution is -2.07. The van der Waals surface area contributed by atoms with Gasteiger partial charge in [-0.3, -0.25) is 0 Å². The molecule has 0 aliphatic heterocycles. The molecule has 0 spiro atoms. The molecule has 1 N–H and O–H groups in total. The van der Waals surface area contributed by atoms with Crippen LogP contribution < -0.4 is 4.74 Å². The number of ether oxygens (including phenoxy) is 1. The Labute approximate surface area is 198 Å². The van der Waals surface area contributed by atoms with Crippen molar-refractivity contribution in [2.24, 2.45) is 0 Å². The van der Waals surface area contributed by atoms with E-state index in [1.165, 1.54) is 0 Å². The van der Waals surface area contributed by atoms with Gasteiger partial charge in [0.05, 0.1) is 6.10 Å². The number of aromatic nitrogens is 3. The second-order valence-corrected chi connectivity index (χ2v) is 9.18. The average molecular weight is 523 g/mol. The Kier molecular flexibility index (Phi) is 7.80. The van der Waals surface area contributed by atoms with Crippen LogP contribution in [-0.4, -0.2) is 31.9 Å². The molecule has 31 heavy (non-hydrogen) atoms. The van der Waals surface area contributed by atoms with Crippen molar-refractivity contribution in [3.63, 3.8) is 0 Å². The largest absolute Gasteiger partial charge is 0.490 e. The molecule has 1 heterocycles. The van der Waals surface area contributed by atoms with Crippen LogP contribution in [0.15, 0.2) is 57.0 Å². The van der Waals surface area contributed by atoms with E-state index in [-0.39, 0.29) is 11.0 Å². The van der Waals surface area contributed by atoms with Crippen molar-refractivity contribution in [3.05, 3.63) is 62.4 Å². The van der Waals surface area contributed by atoms with Crippen molar-refractivity contribution in [1.82, 2.24) is 14.8 Å². The molecule has 0 saturated heterocycles. The zero-order valence-electron chi connectivity index (χ0n) is 17.2. The van der Waals surface area contributed by atoms with Gasteiger partial charge in [0, 0.05) is 27.2 Å². The van der Waals surface area contributed by atoms with Crippen molar-refractivity contribution in [2.45, 2.75) is 38.6 Å². The van der Waals surface area contributed by atoms with Crippen molar-refractivity contribution >= 4 is 51.3 Å². The molecular formula is C22H21BrClN3O3S. The number of rotatable bonds is 8. The summed E-state index contributed by atoms with van der Waals surface area (Å²) in [6, 6.07) is 12.8. The summed E-state index contributed by atoms with van der Waals surface area (Å²) in [5.41, 5.74) is 1.51. The number of halogens is 2. The SMILES string of the molecule is CCn1c(S/C(=C/c2cc(Br)ccc2OC(C)C)C(=O)O)nnc1-c1ccc(Cl)cc1. The summed E-state index contributed by atoms with van der Waals surface area (Å²) in [6.45, 7) is 6.38. The molecule has 0 amide bonds. The normalized spacial score (nSPS) is 11.7. The van der Waals surface area contributed by atoms with Crippen LogP contribution in [0, 0.1) is 0 Å². The van der Waals surface area contributed by atoms with Crippen LogP contribution in [0.2, 0.25) is 5.02 Å². The number of thioether (sulfide) groups is 1. The maximum absolute atomic E-state index is 12.0. The Hall–Kier alpha value is -2.29. The Balaban J connectivity index is 1.99. The number of hydrogen-bond donors (Lipinski definition) is 1. The van der Waals surface area contributed by atoms with E-state index in [1.54, 1.807) is 18.2 Å². The summed E-state index contributed by atoms with van der Waals surface area (Å²) in [5.74, 6) is 0.202. The third kappa shape index (κ3) is 5.90. The first kappa shape index (κ1) is 23.4. The first-order valence-electron chi connectivity index (χ1n) is 9.56. The second kappa shape index (κ2) is 10.3. The molecule has 6 nitrogen and oxygen atoms in total. The van der Waals surface area contributed by atoms with E-state index in [9.17, 15) is 9.90 Å². The van der Waals surface area contributed by atoms with E-state index in [0.717, 1.165) is 21.8 Å². The maximum atomic E-state index is 12.0. The molecule has 0 aliphatic rings. The van der Waals surface area contributed by atoms with Crippen LogP contribution in [0.5, 0.6) is 5.75 Å². The summed E-state index contributed by atoms with van der Waals surface area (Å²) >= 11 is 10.5. The van der Waals surface area contributed by atoms with Crippen molar-refractivity contribution in [2.75, 3.05) is 0 Å². The molecule has 2 aromatic carbocycles. The molecule has 0 unspecified atom stereocenters. The van der Waals surface area contributed by atoms with Gasteiger partial charge in [0.15, 0.2) is 11.0 Å². The Bertz CT molecular complexity index is 1110. The minimum Gasteiger partial charge on any atom is -0.490 e. The van der Waals surface area contributed by atoms with Crippen LogP contribution in [0.3, 0.4) is 0 Å². The van der Waals surface area contributed by atoms with Crippen molar-refractivity contribution in [3.8, 4) is 17.1 Å². The fraction of sp³-hybridized carbons (Fsp3) is 0.227. The molecule has 3 rings (SSSR count). The third-order valence-electron chi connectivity index (χ3n) is 4.17. The fourth-order valence-corrected chi connectivity index (χ4v) is 4.21. The van der Waals surface area contributed by atoms with Gasteiger partial charge in [-0.2, -0.15) is 0 Å². The van der Waals surface area contributed by atoms with Crippen LogP contribution in [-0.2, 0) is 11.3 Å². The summed E-state index contributed by atoms with van der Waals surface area (Å²) in [6.07, 6.45) is 1.55. The zero-order chi connectivity index (χ0) is 22.5. The topological polar surface area (TPSA) is 77.2 Å². The van der Waals surface area contributed by atoms with E-state index < -0.39 is 5.97 Å². The summed E-state index contributed by atoms with van der Waals surface area (Å²) < 4.78 is 8.53. The van der Waals surface area contributed by atoms with Gasteiger partial charge >= 0.3 is 5.97 Å². The van der Waals surface area contributed by atoms with E-state index in [2.05, 4.69) is 26.1 Å². The van der Waals surface area contributed by atoms with Crippen LogP contribution >= 0.6 is 39.3 Å². The highest BCUT2D eigenvalue weighted by Gasteiger charge is 2.19. The molecule has 0 saturated carbocycles. The molecule has 0 bridgehead atoms. The molecule has 0 fully saturated rings. The molecule has 0 aliphatic carbocycles. The zero-order valence-corrected chi connectivity index (χ0v) is 20.3. The lowest BCUT2D eigenvalue weighted by atomic mass is 10.2. The predicted molar refractivity (Wildman–Crippen MR) is 128 cm³/mol. The highest BCUT2D eigenvalue weighted by Crippen LogP contribution is 2.33. The smallest absolute Gasteiger partial charge is 0.342 e. The van der Waals surface area contributed by atoms with Crippen molar-refractivity contribution in [1.29, 1.82) is 0 Å². The molecular weight excluding hydrogens is 502 g/mol. The first-order valence-corrected chi connectivity index (χ1v) is 11.6. The number of aliphatic carboxylic acids is 1. The van der Waals surface area contributed by atoms with Gasteiger partial charge in [-0.15, -0.1) is 10.2 Å². The van der Waals surface area contributed by atoms with Crippen LogP contribution in [0.25, 0.3) is 17.5 Å². The number of nitrogens with zero attached hydrogens (tertiary/aromatic N) is 3. The van der Waals surface area contributed by atoms with E-state index in [1.807, 2.05) is 55.7 Å². The van der Waals surface area contributed by atoms with Gasteiger partial charge in [-0.25, -0.2) is 4.79 Å². The van der Waals surface area contributed by atoms with Crippen LogP contribution in [0.4, 0.5) is 0 Å². The van der Waals surface area contributed by atoms with Gasteiger partial charge in [0.25, 0.3) is 0 Å². The highest BCUT2D eigenvalue weighted by molar-refractivity contribution is 9.10. The molecule has 0 atom stereocenters. The standard InChI is InChI=1S/C22H21BrClN3O3S/c1-4-27-20(14-5-8-17(24)9-6-14)25-26-22(27)31-19(21(28)29)12-15-11-16(23)7-10-18(15)30-13(2)3/h5-13H,4H2,1-3H3,(H,28,29)/b19-12+. The maximum Gasteiger partial charge on any atom is 0.342 e. The predicted octanol–water partition coefficient (Wildman–Crippen LogP) is 6.39. The first-order chi connectivity index (χ1) is 14.8. The average Bonchev–Trinajstić information content (AvgIpc) is 3.12. The van der Waals surface area contributed by atoms with Gasteiger partial charge < -0.3 is 14.4 Å². The Morgan fingerprint density at radius 3 is 2.58 bits per heavy atom. The van der Waals surface area contributed by atoms with Crippen LogP contribution in [0.1, 0.15) is 26.3 Å². The summed E-state index contributed by atoms with van der Waals surface area (Å²) in [4.78, 5) is 12.1. The molecule has 162 valence electrons. The molecule has 1 aromatic heterocycles. The monoisotopic (exact) mass is 521 g/mol. The van der Waals surface area contributed by atoms with E-state index >= 15 is 0 Å². The van der Waals surface area contributed by atoms with E-state index in [4.69, 9.17) is 16.3 Å². The Morgan fingerprint density at radius 2 is 1.97 bits per heavy atom. The summed E-state index contributed by atoms with van der Waals surface area (Å²) in [7, 11) is 0. The van der Waals surface area contributed by atoms with E-state index in [0.29, 0.717) is 33.9 Å². The summed E-state index contributed by atoms with van der Waals surface area (Å²) in [5, 5.41) is 19.5. The van der Waals surface area contributed by atoms with Crippen molar-refractivity contribution < 1.29 is 14.6 Å². The van der Waals surface area contributed by atoms with Gasteiger partial charge in [0.2, 0.25) is 0 Å². The number of carbonyl (C=O) groups is 1. The molecule has 0 radical (unpaired) electrons. The van der Waals surface area contributed by atoms with Gasteiger partial charge in [-0.1, -0.05) is 27.5 Å². The molecule has 9 heteroatoms. The number of benzene rings is 2. The number of carboxylic acids is 1. The third-order valence-corrected chi connectivity index (χ3v) is 5.91. The minimum atomic E-state index is -1.06. The lowest BCUT2D eigenvalue weighted by molar-refractivity contribution is -0.131. The highest BCUT2D eigenvalue weighted by atomic mass is 79.9. The fourth-order valence-electron chi connectivity index (χ4n) is 2.83. The second-order valence-electron chi connectivity index (χ2n) is 6.82.